The van der Waals surface area contributed by atoms with Crippen LogP contribution in [0.15, 0.2) is 36.5 Å². The van der Waals surface area contributed by atoms with Crippen molar-refractivity contribution in [2.45, 2.75) is 13.8 Å². The molecule has 54 valence electrons. The zero-order chi connectivity index (χ0) is 7.98. The minimum atomic E-state index is 0.539. The molecule has 0 unspecified atom stereocenters. The number of hydrogen-bond donors (Lipinski definition) is 1. The lowest BCUT2D eigenvalue weighted by Gasteiger charge is -1.95. The van der Waals surface area contributed by atoms with Crippen LogP contribution in [-0.2, 0) is 0 Å². The molecule has 0 saturated carbocycles. The topological polar surface area (TPSA) is 23.9 Å². The highest BCUT2D eigenvalue weighted by Crippen LogP contribution is 2.01. The van der Waals surface area contributed by atoms with Gasteiger partial charge in [0.25, 0.3) is 0 Å². The molecule has 0 aromatic rings. The summed E-state index contributed by atoms with van der Waals surface area (Å²) in [6.07, 6.45) is 7.09. The Hall–Kier alpha value is -1.11. The second-order valence-electron chi connectivity index (χ2n) is 1.70. The maximum absolute atomic E-state index is 7.06. The molecular formula is C9H13N. The summed E-state index contributed by atoms with van der Waals surface area (Å²) in [6, 6.07) is 0. The first-order valence-electron chi connectivity index (χ1n) is 3.42. The van der Waals surface area contributed by atoms with Crippen LogP contribution in [-0.4, -0.2) is 5.71 Å². The highest BCUT2D eigenvalue weighted by Gasteiger charge is 1.89. The lowest BCUT2D eigenvalue weighted by Crippen LogP contribution is -1.88. The molecule has 0 heterocycles. The Morgan fingerprint density at radius 3 is 1.80 bits per heavy atom. The van der Waals surface area contributed by atoms with E-state index in [1.54, 1.807) is 12.2 Å². The fourth-order valence-corrected chi connectivity index (χ4v) is 0.505. The zero-order valence-electron chi connectivity index (χ0n) is 6.52. The lowest BCUT2D eigenvalue weighted by molar-refractivity contribution is 1.50. The van der Waals surface area contributed by atoms with Crippen molar-refractivity contribution in [3.8, 4) is 0 Å². The van der Waals surface area contributed by atoms with Gasteiger partial charge in [-0.05, 0) is 17.7 Å². The zero-order valence-corrected chi connectivity index (χ0v) is 6.52. The second kappa shape index (κ2) is 4.74. The third-order valence-corrected chi connectivity index (χ3v) is 0.954. The van der Waals surface area contributed by atoms with E-state index in [1.807, 2.05) is 26.0 Å². The van der Waals surface area contributed by atoms with Gasteiger partial charge in [0, 0.05) is 0 Å². The molecule has 10 heavy (non-hydrogen) atoms. The molecule has 1 heteroatoms. The van der Waals surface area contributed by atoms with E-state index >= 15 is 0 Å². The first-order chi connectivity index (χ1) is 4.79. The van der Waals surface area contributed by atoms with Gasteiger partial charge >= 0.3 is 0 Å². The van der Waals surface area contributed by atoms with Gasteiger partial charge in [0.2, 0.25) is 0 Å². The average Bonchev–Trinajstić information content (AvgIpc) is 2.00. The molecular weight excluding hydrogens is 122 g/mol. The van der Waals surface area contributed by atoms with Gasteiger partial charge in [0.05, 0.1) is 5.71 Å². The molecule has 0 spiro atoms. The SMILES string of the molecule is C=C1C=CC(=N)C=C1.CC. The van der Waals surface area contributed by atoms with E-state index in [0.29, 0.717) is 5.71 Å². The van der Waals surface area contributed by atoms with Crippen molar-refractivity contribution in [3.05, 3.63) is 36.5 Å². The fraction of sp³-hybridized carbons (Fsp3) is 0.222. The van der Waals surface area contributed by atoms with E-state index in [1.165, 1.54) is 0 Å². The minimum Gasteiger partial charge on any atom is -0.301 e. The molecule has 1 aliphatic carbocycles. The van der Waals surface area contributed by atoms with E-state index < -0.39 is 0 Å². The molecule has 0 saturated heterocycles. The third kappa shape index (κ3) is 3.02. The lowest BCUT2D eigenvalue weighted by atomic mass is 10.1. The molecule has 1 nitrogen and oxygen atoms in total. The Bertz CT molecular complexity index is 147. The van der Waals surface area contributed by atoms with E-state index in [0.717, 1.165) is 5.57 Å². The van der Waals surface area contributed by atoms with Crippen molar-refractivity contribution < 1.29 is 0 Å². The van der Waals surface area contributed by atoms with Gasteiger partial charge in [-0.1, -0.05) is 32.6 Å². The number of allylic oxidation sites excluding steroid dienone is 5. The van der Waals surface area contributed by atoms with Crippen molar-refractivity contribution in [2.24, 2.45) is 0 Å². The van der Waals surface area contributed by atoms with Crippen LogP contribution in [0, 0.1) is 5.41 Å². The van der Waals surface area contributed by atoms with E-state index in [4.69, 9.17) is 5.41 Å². The number of rotatable bonds is 0. The molecule has 0 radical (unpaired) electrons. The van der Waals surface area contributed by atoms with Crippen LogP contribution in [0.1, 0.15) is 13.8 Å². The van der Waals surface area contributed by atoms with Crippen LogP contribution in [0.5, 0.6) is 0 Å². The van der Waals surface area contributed by atoms with Crippen molar-refractivity contribution in [1.82, 2.24) is 0 Å². The summed E-state index contributed by atoms with van der Waals surface area (Å²) in [7, 11) is 0. The smallest absolute Gasteiger partial charge is 0.0540 e. The Labute approximate surface area is 62.3 Å². The summed E-state index contributed by atoms with van der Waals surface area (Å²) in [4.78, 5) is 0. The average molecular weight is 135 g/mol. The van der Waals surface area contributed by atoms with E-state index in [2.05, 4.69) is 6.58 Å². The van der Waals surface area contributed by atoms with Crippen molar-refractivity contribution >= 4 is 5.71 Å². The molecule has 1 rings (SSSR count). The normalized spacial score (nSPS) is 14.6. The monoisotopic (exact) mass is 135 g/mol. The van der Waals surface area contributed by atoms with Gasteiger partial charge in [-0.2, -0.15) is 0 Å². The van der Waals surface area contributed by atoms with Gasteiger partial charge in [-0.25, -0.2) is 0 Å². The fourth-order valence-electron chi connectivity index (χ4n) is 0.505. The summed E-state index contributed by atoms with van der Waals surface area (Å²) in [5, 5.41) is 7.06. The molecule has 0 atom stereocenters. The minimum absolute atomic E-state index is 0.539. The molecule has 0 amide bonds. The quantitative estimate of drug-likeness (QED) is 0.528. The highest BCUT2D eigenvalue weighted by atomic mass is 14.4. The predicted octanol–water partition coefficient (Wildman–Crippen LogP) is 2.71. The first-order valence-corrected chi connectivity index (χ1v) is 3.42. The summed E-state index contributed by atoms with van der Waals surface area (Å²) in [5.74, 6) is 0. The van der Waals surface area contributed by atoms with Gasteiger partial charge in [0.1, 0.15) is 0 Å². The van der Waals surface area contributed by atoms with Crippen LogP contribution in [0.3, 0.4) is 0 Å². The van der Waals surface area contributed by atoms with Crippen molar-refractivity contribution in [2.75, 3.05) is 0 Å². The Balaban J connectivity index is 0.000000371. The van der Waals surface area contributed by atoms with Gasteiger partial charge in [0.15, 0.2) is 0 Å². The molecule has 1 N–H and O–H groups in total. The summed E-state index contributed by atoms with van der Waals surface area (Å²) < 4.78 is 0. The molecule has 0 fully saturated rings. The van der Waals surface area contributed by atoms with E-state index in [9.17, 15) is 0 Å². The van der Waals surface area contributed by atoms with Crippen LogP contribution in [0.25, 0.3) is 0 Å². The summed E-state index contributed by atoms with van der Waals surface area (Å²) in [5.41, 5.74) is 1.50. The Kier molecular flexibility index (Phi) is 4.21. The number of nitrogens with one attached hydrogen (secondary N) is 1. The van der Waals surface area contributed by atoms with Crippen LogP contribution < -0.4 is 0 Å². The number of hydrogen-bond acceptors (Lipinski definition) is 1. The maximum atomic E-state index is 7.06. The molecule has 1 aliphatic rings. The van der Waals surface area contributed by atoms with Crippen LogP contribution >= 0.6 is 0 Å². The maximum Gasteiger partial charge on any atom is 0.0540 e. The van der Waals surface area contributed by atoms with Crippen LogP contribution in [0.2, 0.25) is 0 Å². The van der Waals surface area contributed by atoms with Crippen molar-refractivity contribution in [1.29, 1.82) is 5.41 Å². The van der Waals surface area contributed by atoms with Crippen LogP contribution in [0.4, 0.5) is 0 Å². The highest BCUT2D eigenvalue weighted by molar-refractivity contribution is 6.03. The van der Waals surface area contributed by atoms with Gasteiger partial charge in [-0.15, -0.1) is 0 Å². The second-order valence-corrected chi connectivity index (χ2v) is 1.70. The Morgan fingerprint density at radius 1 is 1.10 bits per heavy atom. The van der Waals surface area contributed by atoms with Gasteiger partial charge < -0.3 is 5.41 Å². The largest absolute Gasteiger partial charge is 0.301 e. The molecule has 0 aromatic heterocycles. The van der Waals surface area contributed by atoms with E-state index in [-0.39, 0.29) is 0 Å². The standard InChI is InChI=1S/C7H7N.C2H6/c1-6-2-4-7(8)5-3-6;1-2/h2-5,8H,1H2;1-2H3. The summed E-state index contributed by atoms with van der Waals surface area (Å²) in [6.45, 7) is 7.68. The Morgan fingerprint density at radius 2 is 1.50 bits per heavy atom. The van der Waals surface area contributed by atoms with Crippen molar-refractivity contribution in [3.63, 3.8) is 0 Å². The molecule has 0 bridgehead atoms. The summed E-state index contributed by atoms with van der Waals surface area (Å²) >= 11 is 0. The molecule has 0 aliphatic heterocycles. The predicted molar refractivity (Wildman–Crippen MR) is 46.5 cm³/mol. The first kappa shape index (κ1) is 8.89. The third-order valence-electron chi connectivity index (χ3n) is 0.954. The van der Waals surface area contributed by atoms with Gasteiger partial charge in [-0.3, -0.25) is 0 Å². The molecule has 0 aromatic carbocycles.